The van der Waals surface area contributed by atoms with Gasteiger partial charge in [-0.1, -0.05) is 13.8 Å². The van der Waals surface area contributed by atoms with E-state index in [0.29, 0.717) is 50.0 Å². The third-order valence-corrected chi connectivity index (χ3v) is 5.20. The molecule has 0 aliphatic carbocycles. The van der Waals surface area contributed by atoms with Crippen LogP contribution in [-0.4, -0.2) is 56.2 Å². The highest BCUT2D eigenvalue weighted by Gasteiger charge is 2.22. The monoisotopic (exact) mass is 428 g/mol. The van der Waals surface area contributed by atoms with Gasteiger partial charge >= 0.3 is 5.97 Å². The number of ether oxygens (including phenoxy) is 2. The number of piperazine rings is 1. The smallest absolute Gasteiger partial charge is 0.338 e. The van der Waals surface area contributed by atoms with Crippen molar-refractivity contribution >= 4 is 17.6 Å². The number of nitrogens with zero attached hydrogens (tertiary/aromatic N) is 2. The fourth-order valence-corrected chi connectivity index (χ4v) is 3.27. The third-order valence-electron chi connectivity index (χ3n) is 5.20. The molecule has 1 aliphatic rings. The van der Waals surface area contributed by atoms with Crippen molar-refractivity contribution in [2.24, 2.45) is 5.92 Å². The Kier molecular flexibility index (Phi) is 7.87. The second kappa shape index (κ2) is 10.8. The number of benzene rings is 2. The van der Waals surface area contributed by atoms with Crippen LogP contribution in [0.1, 0.15) is 30.6 Å². The number of hydrogen-bond acceptors (Lipinski definition) is 5. The van der Waals surface area contributed by atoms with Crippen LogP contribution in [0.2, 0.25) is 0 Å². The van der Waals surface area contributed by atoms with Crippen LogP contribution < -0.4 is 9.64 Å². The summed E-state index contributed by atoms with van der Waals surface area (Å²) in [5.41, 5.74) is 1.31. The van der Waals surface area contributed by atoms with E-state index in [0.717, 1.165) is 12.1 Å². The van der Waals surface area contributed by atoms with Gasteiger partial charge < -0.3 is 19.3 Å². The summed E-state index contributed by atoms with van der Waals surface area (Å²) in [6.45, 7) is 6.94. The van der Waals surface area contributed by atoms with E-state index < -0.39 is 5.97 Å². The summed E-state index contributed by atoms with van der Waals surface area (Å²) in [6, 6.07) is 13.1. The number of halogens is 1. The lowest BCUT2D eigenvalue weighted by Crippen LogP contribution is -2.49. The van der Waals surface area contributed by atoms with Crippen molar-refractivity contribution < 1.29 is 23.5 Å². The van der Waals surface area contributed by atoms with E-state index in [4.69, 9.17) is 9.47 Å². The molecule has 7 heteroatoms. The molecule has 2 aromatic carbocycles. The van der Waals surface area contributed by atoms with Crippen LogP contribution in [0.5, 0.6) is 5.75 Å². The van der Waals surface area contributed by atoms with Crippen LogP contribution in [0, 0.1) is 11.7 Å². The molecule has 31 heavy (non-hydrogen) atoms. The van der Waals surface area contributed by atoms with Crippen molar-refractivity contribution in [2.45, 2.75) is 20.3 Å². The first kappa shape index (κ1) is 22.6. The average Bonchev–Trinajstić information content (AvgIpc) is 2.78. The number of carbonyl (C=O) groups is 2. The summed E-state index contributed by atoms with van der Waals surface area (Å²) in [7, 11) is 0. The Morgan fingerprint density at radius 3 is 2.23 bits per heavy atom. The number of carbonyl (C=O) groups excluding carboxylic acids is 2. The highest BCUT2D eigenvalue weighted by Crippen LogP contribution is 2.17. The first-order chi connectivity index (χ1) is 14.9. The van der Waals surface area contributed by atoms with Gasteiger partial charge in [-0.2, -0.15) is 0 Å². The van der Waals surface area contributed by atoms with Crippen LogP contribution in [-0.2, 0) is 9.53 Å². The molecule has 0 saturated carbocycles. The van der Waals surface area contributed by atoms with Crippen LogP contribution in [0.4, 0.5) is 10.1 Å². The zero-order valence-electron chi connectivity index (χ0n) is 18.1. The first-order valence-electron chi connectivity index (χ1n) is 10.6. The Morgan fingerprint density at radius 2 is 1.61 bits per heavy atom. The van der Waals surface area contributed by atoms with Crippen molar-refractivity contribution in [1.82, 2.24) is 4.90 Å². The molecule has 3 rings (SSSR count). The fourth-order valence-electron chi connectivity index (χ4n) is 3.27. The van der Waals surface area contributed by atoms with Crippen molar-refractivity contribution in [3.63, 3.8) is 0 Å². The molecule has 0 bridgehead atoms. The summed E-state index contributed by atoms with van der Waals surface area (Å²) in [4.78, 5) is 28.4. The van der Waals surface area contributed by atoms with E-state index in [2.05, 4.69) is 18.7 Å². The predicted molar refractivity (Wildman–Crippen MR) is 117 cm³/mol. The summed E-state index contributed by atoms with van der Waals surface area (Å²) >= 11 is 0. The second-order valence-corrected chi connectivity index (χ2v) is 7.98. The Balaban J connectivity index is 1.41. The standard InChI is InChI=1S/C24H29FN2O4/c1-18(2)11-16-30-22-9-3-19(4-10-22)24(29)31-17-23(28)27-14-12-26(13-15-27)21-7-5-20(25)6-8-21/h3-10,18H,11-17H2,1-2H3. The maximum atomic E-state index is 13.1. The minimum absolute atomic E-state index is 0.222. The van der Waals surface area contributed by atoms with Crippen LogP contribution in [0.25, 0.3) is 0 Å². The molecule has 1 aliphatic heterocycles. The average molecular weight is 429 g/mol. The van der Waals surface area contributed by atoms with Gasteiger partial charge in [0, 0.05) is 31.9 Å². The zero-order chi connectivity index (χ0) is 22.2. The van der Waals surface area contributed by atoms with E-state index in [-0.39, 0.29) is 18.3 Å². The van der Waals surface area contributed by atoms with Crippen molar-refractivity contribution in [3.05, 3.63) is 59.9 Å². The van der Waals surface area contributed by atoms with E-state index in [1.54, 1.807) is 41.3 Å². The summed E-state index contributed by atoms with van der Waals surface area (Å²) < 4.78 is 23.9. The number of hydrogen-bond donors (Lipinski definition) is 0. The molecule has 1 heterocycles. The van der Waals surface area contributed by atoms with Crippen LogP contribution in [0.3, 0.4) is 0 Å². The van der Waals surface area contributed by atoms with Gasteiger partial charge in [0.05, 0.1) is 12.2 Å². The Labute approximate surface area is 182 Å². The van der Waals surface area contributed by atoms with Crippen LogP contribution >= 0.6 is 0 Å². The van der Waals surface area contributed by atoms with Gasteiger partial charge in [0.1, 0.15) is 11.6 Å². The summed E-state index contributed by atoms with van der Waals surface area (Å²) in [5, 5.41) is 0. The van der Waals surface area contributed by atoms with E-state index in [1.807, 2.05) is 0 Å². The molecule has 0 spiro atoms. The Morgan fingerprint density at radius 1 is 0.968 bits per heavy atom. The number of esters is 1. The topological polar surface area (TPSA) is 59.1 Å². The molecule has 6 nitrogen and oxygen atoms in total. The maximum Gasteiger partial charge on any atom is 0.338 e. The molecule has 0 N–H and O–H groups in total. The lowest BCUT2D eigenvalue weighted by atomic mass is 10.1. The minimum Gasteiger partial charge on any atom is -0.494 e. The minimum atomic E-state index is -0.535. The normalized spacial score (nSPS) is 13.9. The Hall–Kier alpha value is -3.09. The van der Waals surface area contributed by atoms with Gasteiger partial charge in [-0.15, -0.1) is 0 Å². The molecule has 1 saturated heterocycles. The van der Waals surface area contributed by atoms with Gasteiger partial charge in [0.2, 0.25) is 0 Å². The molecule has 2 aromatic rings. The molecule has 1 amide bonds. The summed E-state index contributed by atoms with van der Waals surface area (Å²) in [6.07, 6.45) is 0.962. The predicted octanol–water partition coefficient (Wildman–Crippen LogP) is 3.76. The molecular weight excluding hydrogens is 399 g/mol. The lowest BCUT2D eigenvalue weighted by molar-refractivity contribution is -0.134. The van der Waals surface area contributed by atoms with Gasteiger partial charge in [-0.3, -0.25) is 4.79 Å². The SMILES string of the molecule is CC(C)CCOc1ccc(C(=O)OCC(=O)N2CCN(c3ccc(F)cc3)CC2)cc1. The summed E-state index contributed by atoms with van der Waals surface area (Å²) in [5.74, 6) is 0.241. The molecule has 0 atom stereocenters. The van der Waals surface area contributed by atoms with Gasteiger partial charge in [0.25, 0.3) is 5.91 Å². The molecule has 0 aromatic heterocycles. The van der Waals surface area contributed by atoms with E-state index >= 15 is 0 Å². The van der Waals surface area contributed by atoms with Crippen LogP contribution in [0.15, 0.2) is 48.5 Å². The van der Waals surface area contributed by atoms with Gasteiger partial charge in [-0.05, 0) is 60.9 Å². The molecule has 0 radical (unpaired) electrons. The molecule has 1 fully saturated rings. The van der Waals surface area contributed by atoms with E-state index in [1.165, 1.54) is 12.1 Å². The second-order valence-electron chi connectivity index (χ2n) is 7.98. The van der Waals surface area contributed by atoms with E-state index in [9.17, 15) is 14.0 Å². The molecular formula is C24H29FN2O4. The van der Waals surface area contributed by atoms with Crippen molar-refractivity contribution in [1.29, 1.82) is 0 Å². The highest BCUT2D eigenvalue weighted by molar-refractivity contribution is 5.91. The largest absolute Gasteiger partial charge is 0.494 e. The fraction of sp³-hybridized carbons (Fsp3) is 0.417. The molecule has 0 unspecified atom stereocenters. The number of anilines is 1. The Bertz CT molecular complexity index is 860. The third kappa shape index (κ3) is 6.70. The quantitative estimate of drug-likeness (QED) is 0.600. The number of rotatable bonds is 8. The van der Waals surface area contributed by atoms with Crippen molar-refractivity contribution in [3.8, 4) is 5.75 Å². The van der Waals surface area contributed by atoms with Gasteiger partial charge in [-0.25, -0.2) is 9.18 Å². The molecule has 166 valence electrons. The number of amides is 1. The van der Waals surface area contributed by atoms with Crippen molar-refractivity contribution in [2.75, 3.05) is 44.3 Å². The zero-order valence-corrected chi connectivity index (χ0v) is 18.1. The highest BCUT2D eigenvalue weighted by atomic mass is 19.1. The van der Waals surface area contributed by atoms with Gasteiger partial charge in [0.15, 0.2) is 6.61 Å². The first-order valence-corrected chi connectivity index (χ1v) is 10.6. The lowest BCUT2D eigenvalue weighted by Gasteiger charge is -2.36. The maximum absolute atomic E-state index is 13.1.